The van der Waals surface area contributed by atoms with Crippen LogP contribution in [0.5, 0.6) is 0 Å². The molecule has 4 heteroatoms. The zero-order chi connectivity index (χ0) is 12.0. The first-order valence-electron chi connectivity index (χ1n) is 5.72. The highest BCUT2D eigenvalue weighted by molar-refractivity contribution is 5.89. The van der Waals surface area contributed by atoms with Crippen LogP contribution in [0.25, 0.3) is 0 Å². The van der Waals surface area contributed by atoms with E-state index in [4.69, 9.17) is 10.2 Å². The van der Waals surface area contributed by atoms with Gasteiger partial charge in [0.1, 0.15) is 5.76 Å². The van der Waals surface area contributed by atoms with Crippen LogP contribution in [0.1, 0.15) is 43.0 Å². The van der Waals surface area contributed by atoms with Crippen LogP contribution in [0, 0.1) is 5.92 Å². The fourth-order valence-electron chi connectivity index (χ4n) is 1.64. The van der Waals surface area contributed by atoms with Crippen LogP contribution in [0.3, 0.4) is 0 Å². The van der Waals surface area contributed by atoms with Crippen LogP contribution in [0.4, 0.5) is 0 Å². The minimum Gasteiger partial charge on any atom is -0.455 e. The Morgan fingerprint density at radius 3 is 2.88 bits per heavy atom. The number of carbonyl (C=O) groups excluding carboxylic acids is 1. The van der Waals surface area contributed by atoms with Gasteiger partial charge in [-0.3, -0.25) is 4.79 Å². The zero-order valence-electron chi connectivity index (χ0n) is 9.95. The van der Waals surface area contributed by atoms with Gasteiger partial charge in [-0.2, -0.15) is 0 Å². The van der Waals surface area contributed by atoms with Gasteiger partial charge in [-0.05, 0) is 31.0 Å². The molecule has 1 amide bonds. The largest absolute Gasteiger partial charge is 0.455 e. The average molecular weight is 224 g/mol. The molecule has 0 bridgehead atoms. The van der Waals surface area contributed by atoms with E-state index in [0.29, 0.717) is 12.5 Å². The van der Waals surface area contributed by atoms with Crippen LogP contribution in [-0.2, 0) is 6.54 Å². The number of hydrogen-bond acceptors (Lipinski definition) is 3. The Labute approximate surface area is 96.2 Å². The zero-order valence-corrected chi connectivity index (χ0v) is 9.95. The maximum atomic E-state index is 10.8. The van der Waals surface area contributed by atoms with Crippen molar-refractivity contribution >= 4 is 5.91 Å². The molecule has 1 unspecified atom stereocenters. The van der Waals surface area contributed by atoms with Crippen LogP contribution in [0.2, 0.25) is 0 Å². The van der Waals surface area contributed by atoms with Crippen molar-refractivity contribution in [1.29, 1.82) is 0 Å². The number of nitrogens with two attached hydrogens (primary N) is 1. The summed E-state index contributed by atoms with van der Waals surface area (Å²) in [4.78, 5) is 10.8. The van der Waals surface area contributed by atoms with Crippen molar-refractivity contribution in [2.24, 2.45) is 11.7 Å². The molecule has 0 aliphatic carbocycles. The molecule has 16 heavy (non-hydrogen) atoms. The molecule has 0 spiro atoms. The quantitative estimate of drug-likeness (QED) is 0.743. The number of hydrogen-bond donors (Lipinski definition) is 2. The topological polar surface area (TPSA) is 68.3 Å². The molecular weight excluding hydrogens is 204 g/mol. The van der Waals surface area contributed by atoms with Gasteiger partial charge < -0.3 is 15.5 Å². The summed E-state index contributed by atoms with van der Waals surface area (Å²) in [6.07, 6.45) is 2.42. The minimum atomic E-state index is -0.523. The summed E-state index contributed by atoms with van der Waals surface area (Å²) in [5, 5.41) is 3.29. The Kier molecular flexibility index (Phi) is 5.05. The monoisotopic (exact) mass is 224 g/mol. The third kappa shape index (κ3) is 4.06. The number of carbonyl (C=O) groups is 1. The number of furan rings is 1. The Morgan fingerprint density at radius 1 is 1.56 bits per heavy atom. The predicted molar refractivity (Wildman–Crippen MR) is 63.0 cm³/mol. The lowest BCUT2D eigenvalue weighted by Crippen LogP contribution is -2.20. The van der Waals surface area contributed by atoms with E-state index in [2.05, 4.69) is 19.2 Å². The number of primary amides is 1. The second-order valence-electron chi connectivity index (χ2n) is 4.15. The lowest BCUT2D eigenvalue weighted by molar-refractivity contribution is 0.0972. The van der Waals surface area contributed by atoms with E-state index in [1.54, 1.807) is 12.1 Å². The highest BCUT2D eigenvalue weighted by Gasteiger charge is 2.07. The maximum Gasteiger partial charge on any atom is 0.284 e. The summed E-state index contributed by atoms with van der Waals surface area (Å²) in [5.41, 5.74) is 5.09. The molecule has 0 saturated carbocycles. The smallest absolute Gasteiger partial charge is 0.284 e. The molecule has 0 aliphatic rings. The fourth-order valence-corrected chi connectivity index (χ4v) is 1.64. The average Bonchev–Trinajstić information content (AvgIpc) is 2.67. The van der Waals surface area contributed by atoms with E-state index in [1.807, 2.05) is 0 Å². The highest BCUT2D eigenvalue weighted by Crippen LogP contribution is 2.07. The number of rotatable bonds is 7. The van der Waals surface area contributed by atoms with Gasteiger partial charge in [0.05, 0.1) is 6.54 Å². The van der Waals surface area contributed by atoms with Gasteiger partial charge in [0.25, 0.3) is 5.91 Å². The molecule has 3 N–H and O–H groups in total. The molecule has 90 valence electrons. The molecular formula is C12H20N2O2. The Hall–Kier alpha value is -1.29. The normalized spacial score (nSPS) is 12.6. The summed E-state index contributed by atoms with van der Waals surface area (Å²) < 4.78 is 5.25. The first-order chi connectivity index (χ1) is 7.63. The van der Waals surface area contributed by atoms with E-state index in [-0.39, 0.29) is 5.76 Å². The molecule has 0 fully saturated rings. The summed E-state index contributed by atoms with van der Waals surface area (Å²) in [6, 6.07) is 3.38. The van der Waals surface area contributed by atoms with E-state index in [1.165, 1.54) is 12.8 Å². The summed E-state index contributed by atoms with van der Waals surface area (Å²) in [7, 11) is 0. The number of nitrogens with one attached hydrogen (secondary N) is 1. The van der Waals surface area contributed by atoms with Gasteiger partial charge in [-0.25, -0.2) is 0 Å². The molecule has 1 heterocycles. The van der Waals surface area contributed by atoms with Gasteiger partial charge in [0.2, 0.25) is 0 Å². The van der Waals surface area contributed by atoms with E-state index < -0.39 is 5.91 Å². The van der Waals surface area contributed by atoms with Gasteiger partial charge in [-0.1, -0.05) is 20.3 Å². The molecule has 4 nitrogen and oxygen atoms in total. The molecule has 1 aromatic rings. The summed E-state index contributed by atoms with van der Waals surface area (Å²) >= 11 is 0. The van der Waals surface area contributed by atoms with E-state index in [9.17, 15) is 4.79 Å². The van der Waals surface area contributed by atoms with Crippen molar-refractivity contribution in [2.45, 2.75) is 33.2 Å². The van der Waals surface area contributed by atoms with Gasteiger partial charge in [0.15, 0.2) is 5.76 Å². The molecule has 1 atom stereocenters. The molecule has 0 saturated heterocycles. The van der Waals surface area contributed by atoms with Crippen molar-refractivity contribution < 1.29 is 9.21 Å². The molecule has 0 radical (unpaired) electrons. The Morgan fingerprint density at radius 2 is 2.31 bits per heavy atom. The predicted octanol–water partition coefficient (Wildman–Crippen LogP) is 1.90. The number of amides is 1. The van der Waals surface area contributed by atoms with Crippen LogP contribution < -0.4 is 11.1 Å². The molecule has 1 aromatic heterocycles. The second-order valence-corrected chi connectivity index (χ2v) is 4.15. The Bertz CT molecular complexity index is 334. The first-order valence-corrected chi connectivity index (χ1v) is 5.72. The lowest BCUT2D eigenvalue weighted by Gasteiger charge is -2.09. The van der Waals surface area contributed by atoms with E-state index >= 15 is 0 Å². The van der Waals surface area contributed by atoms with Crippen molar-refractivity contribution in [3.05, 3.63) is 23.7 Å². The SMILES string of the molecule is CCCC(C)CNCc1ccc(C(N)=O)o1. The molecule has 1 rings (SSSR count). The third-order valence-electron chi connectivity index (χ3n) is 2.48. The van der Waals surface area contributed by atoms with Crippen molar-refractivity contribution in [3.8, 4) is 0 Å². The van der Waals surface area contributed by atoms with Crippen LogP contribution in [0.15, 0.2) is 16.5 Å². The second kappa shape index (κ2) is 6.33. The van der Waals surface area contributed by atoms with Crippen molar-refractivity contribution in [3.63, 3.8) is 0 Å². The van der Waals surface area contributed by atoms with Crippen molar-refractivity contribution in [2.75, 3.05) is 6.54 Å². The van der Waals surface area contributed by atoms with Crippen LogP contribution in [-0.4, -0.2) is 12.5 Å². The lowest BCUT2D eigenvalue weighted by atomic mass is 10.1. The highest BCUT2D eigenvalue weighted by atomic mass is 16.3. The third-order valence-corrected chi connectivity index (χ3v) is 2.48. The summed E-state index contributed by atoms with van der Waals surface area (Å²) in [6.45, 7) is 6.00. The van der Waals surface area contributed by atoms with Crippen molar-refractivity contribution in [1.82, 2.24) is 5.32 Å². The van der Waals surface area contributed by atoms with Gasteiger partial charge in [0, 0.05) is 0 Å². The van der Waals surface area contributed by atoms with Crippen LogP contribution >= 0.6 is 0 Å². The molecule has 0 aromatic carbocycles. The Balaban J connectivity index is 2.29. The van der Waals surface area contributed by atoms with Gasteiger partial charge in [-0.15, -0.1) is 0 Å². The maximum absolute atomic E-state index is 10.8. The van der Waals surface area contributed by atoms with Gasteiger partial charge >= 0.3 is 0 Å². The fraction of sp³-hybridized carbons (Fsp3) is 0.583. The molecule has 0 aliphatic heterocycles. The first kappa shape index (κ1) is 12.8. The standard InChI is InChI=1S/C12H20N2O2/c1-3-4-9(2)7-14-8-10-5-6-11(16-10)12(13)15/h5-6,9,14H,3-4,7-8H2,1-2H3,(H2,13,15). The van der Waals surface area contributed by atoms with E-state index in [0.717, 1.165) is 12.3 Å². The summed E-state index contributed by atoms with van der Waals surface area (Å²) in [5.74, 6) is 1.11. The minimum absolute atomic E-state index is 0.221.